The Balaban J connectivity index is 2.13. The van der Waals surface area contributed by atoms with E-state index in [4.69, 9.17) is 15.1 Å². The third-order valence-electron chi connectivity index (χ3n) is 2.83. The SMILES string of the molecule is O=C(O)c1ccc(COc2cccc(O)c2/C=N/O)cc1. The summed E-state index contributed by atoms with van der Waals surface area (Å²) in [6, 6.07) is 10.9. The van der Waals surface area contributed by atoms with E-state index >= 15 is 0 Å². The predicted molar refractivity (Wildman–Crippen MR) is 75.2 cm³/mol. The van der Waals surface area contributed by atoms with Crippen LogP contribution >= 0.6 is 0 Å². The maximum atomic E-state index is 10.7. The average Bonchev–Trinajstić information content (AvgIpc) is 2.48. The van der Waals surface area contributed by atoms with E-state index in [1.807, 2.05) is 0 Å². The monoisotopic (exact) mass is 287 g/mol. The van der Waals surface area contributed by atoms with Crippen LogP contribution in [0.2, 0.25) is 0 Å². The highest BCUT2D eigenvalue weighted by Gasteiger charge is 2.08. The van der Waals surface area contributed by atoms with E-state index in [1.165, 1.54) is 18.2 Å². The van der Waals surface area contributed by atoms with E-state index in [-0.39, 0.29) is 23.5 Å². The molecular weight excluding hydrogens is 274 g/mol. The Bertz CT molecular complexity index is 664. The molecule has 0 aliphatic heterocycles. The molecule has 2 rings (SSSR count). The van der Waals surface area contributed by atoms with Crippen LogP contribution in [0.1, 0.15) is 21.5 Å². The maximum Gasteiger partial charge on any atom is 0.335 e. The molecule has 0 unspecified atom stereocenters. The average molecular weight is 287 g/mol. The number of ether oxygens (including phenoxy) is 1. The van der Waals surface area contributed by atoms with Crippen LogP contribution in [-0.2, 0) is 6.61 Å². The molecule has 21 heavy (non-hydrogen) atoms. The van der Waals surface area contributed by atoms with E-state index in [0.717, 1.165) is 11.8 Å². The summed E-state index contributed by atoms with van der Waals surface area (Å²) in [7, 11) is 0. The number of oxime groups is 1. The standard InChI is InChI=1S/C15H13NO5/c17-13-2-1-3-14(12(13)8-16-20)21-9-10-4-6-11(7-5-10)15(18)19/h1-8,17,20H,9H2,(H,18,19)/b16-8+. The second-order valence-electron chi connectivity index (χ2n) is 4.22. The van der Waals surface area contributed by atoms with Crippen LogP contribution in [0.5, 0.6) is 11.5 Å². The molecule has 0 bridgehead atoms. The van der Waals surface area contributed by atoms with Crippen molar-refractivity contribution in [3.63, 3.8) is 0 Å². The van der Waals surface area contributed by atoms with Gasteiger partial charge in [-0.1, -0.05) is 23.4 Å². The number of aromatic hydroxyl groups is 1. The molecule has 108 valence electrons. The second-order valence-corrected chi connectivity index (χ2v) is 4.22. The van der Waals surface area contributed by atoms with Gasteiger partial charge in [0.2, 0.25) is 0 Å². The molecule has 0 spiro atoms. The highest BCUT2D eigenvalue weighted by atomic mass is 16.5. The van der Waals surface area contributed by atoms with E-state index in [1.54, 1.807) is 24.3 Å². The minimum absolute atomic E-state index is 0.0634. The molecule has 0 aromatic heterocycles. The Morgan fingerprint density at radius 1 is 1.19 bits per heavy atom. The molecular formula is C15H13NO5. The number of carbonyl (C=O) groups is 1. The van der Waals surface area contributed by atoms with Crippen molar-refractivity contribution in [3.05, 3.63) is 59.2 Å². The number of rotatable bonds is 5. The molecule has 6 heteroatoms. The number of phenolic OH excluding ortho intramolecular Hbond substituents is 1. The van der Waals surface area contributed by atoms with Crippen molar-refractivity contribution >= 4 is 12.2 Å². The molecule has 0 heterocycles. The maximum absolute atomic E-state index is 10.7. The third-order valence-corrected chi connectivity index (χ3v) is 2.83. The number of carboxylic acid groups (broad SMARTS) is 1. The van der Waals surface area contributed by atoms with Crippen molar-refractivity contribution in [1.29, 1.82) is 0 Å². The third kappa shape index (κ3) is 3.50. The van der Waals surface area contributed by atoms with Crippen molar-refractivity contribution in [2.24, 2.45) is 5.16 Å². The minimum atomic E-state index is -0.989. The van der Waals surface area contributed by atoms with Gasteiger partial charge in [-0.15, -0.1) is 0 Å². The van der Waals surface area contributed by atoms with Crippen molar-refractivity contribution in [2.45, 2.75) is 6.61 Å². The van der Waals surface area contributed by atoms with Crippen LogP contribution in [0.3, 0.4) is 0 Å². The fourth-order valence-electron chi connectivity index (χ4n) is 1.75. The van der Waals surface area contributed by atoms with E-state index in [2.05, 4.69) is 5.16 Å². The van der Waals surface area contributed by atoms with Gasteiger partial charge >= 0.3 is 5.97 Å². The van der Waals surface area contributed by atoms with Gasteiger partial charge in [0.1, 0.15) is 18.1 Å². The van der Waals surface area contributed by atoms with Crippen LogP contribution in [0.15, 0.2) is 47.6 Å². The molecule has 2 aromatic carbocycles. The van der Waals surface area contributed by atoms with Gasteiger partial charge in [-0.25, -0.2) is 4.79 Å². The highest BCUT2D eigenvalue weighted by molar-refractivity contribution is 5.87. The number of nitrogens with zero attached hydrogens (tertiary/aromatic N) is 1. The van der Waals surface area contributed by atoms with E-state index < -0.39 is 5.97 Å². The molecule has 0 amide bonds. The second kappa shape index (κ2) is 6.42. The molecule has 0 aliphatic carbocycles. The van der Waals surface area contributed by atoms with Crippen LogP contribution in [0.4, 0.5) is 0 Å². The Morgan fingerprint density at radius 3 is 2.52 bits per heavy atom. The van der Waals surface area contributed by atoms with Gasteiger partial charge in [0.25, 0.3) is 0 Å². The largest absolute Gasteiger partial charge is 0.507 e. The van der Waals surface area contributed by atoms with Crippen molar-refractivity contribution in [3.8, 4) is 11.5 Å². The molecule has 0 fully saturated rings. The first-order valence-corrected chi connectivity index (χ1v) is 6.06. The number of benzene rings is 2. The number of phenols is 1. The summed E-state index contributed by atoms with van der Waals surface area (Å²) in [6.45, 7) is 0.190. The Hall–Kier alpha value is -3.02. The summed E-state index contributed by atoms with van der Waals surface area (Å²) in [5.74, 6) is -0.696. The van der Waals surface area contributed by atoms with Crippen LogP contribution < -0.4 is 4.74 Å². The normalized spacial score (nSPS) is 10.7. The van der Waals surface area contributed by atoms with E-state index in [0.29, 0.717) is 5.75 Å². The van der Waals surface area contributed by atoms with Gasteiger partial charge in [-0.2, -0.15) is 0 Å². The topological polar surface area (TPSA) is 99.4 Å². The number of aromatic carboxylic acids is 1. The Labute approximate surface area is 120 Å². The van der Waals surface area contributed by atoms with Gasteiger partial charge in [-0.3, -0.25) is 0 Å². The summed E-state index contributed by atoms with van der Waals surface area (Å²) in [6.07, 6.45) is 1.08. The van der Waals surface area contributed by atoms with Gasteiger partial charge < -0.3 is 20.2 Å². The Morgan fingerprint density at radius 2 is 1.90 bits per heavy atom. The molecule has 0 radical (unpaired) electrons. The molecule has 0 atom stereocenters. The zero-order valence-electron chi connectivity index (χ0n) is 10.9. The summed E-state index contributed by atoms with van der Waals surface area (Å²) >= 11 is 0. The minimum Gasteiger partial charge on any atom is -0.507 e. The zero-order valence-corrected chi connectivity index (χ0v) is 10.9. The molecule has 0 saturated carbocycles. The lowest BCUT2D eigenvalue weighted by molar-refractivity contribution is 0.0697. The molecule has 6 nitrogen and oxygen atoms in total. The highest BCUT2D eigenvalue weighted by Crippen LogP contribution is 2.26. The zero-order chi connectivity index (χ0) is 15.2. The molecule has 3 N–H and O–H groups in total. The summed E-state index contributed by atoms with van der Waals surface area (Å²) in [4.78, 5) is 10.7. The first kappa shape index (κ1) is 14.4. The lowest BCUT2D eigenvalue weighted by atomic mass is 10.1. The lowest BCUT2D eigenvalue weighted by Gasteiger charge is -2.10. The fourth-order valence-corrected chi connectivity index (χ4v) is 1.75. The first-order valence-electron chi connectivity index (χ1n) is 6.06. The van der Waals surface area contributed by atoms with Gasteiger partial charge in [0.05, 0.1) is 17.3 Å². The summed E-state index contributed by atoms with van der Waals surface area (Å²) < 4.78 is 5.55. The number of hydrogen-bond donors (Lipinski definition) is 3. The van der Waals surface area contributed by atoms with Crippen molar-refractivity contribution in [1.82, 2.24) is 0 Å². The number of carboxylic acids is 1. The van der Waals surface area contributed by atoms with Crippen LogP contribution in [-0.4, -0.2) is 27.6 Å². The van der Waals surface area contributed by atoms with Crippen molar-refractivity contribution in [2.75, 3.05) is 0 Å². The van der Waals surface area contributed by atoms with Crippen LogP contribution in [0, 0.1) is 0 Å². The lowest BCUT2D eigenvalue weighted by Crippen LogP contribution is -2.00. The summed E-state index contributed by atoms with van der Waals surface area (Å²) in [5.41, 5.74) is 1.24. The molecule has 0 aliphatic rings. The molecule has 0 saturated heterocycles. The predicted octanol–water partition coefficient (Wildman–Crippen LogP) is 2.48. The van der Waals surface area contributed by atoms with Crippen LogP contribution in [0.25, 0.3) is 0 Å². The van der Waals surface area contributed by atoms with Crippen molar-refractivity contribution < 1.29 is 25.0 Å². The van der Waals surface area contributed by atoms with Gasteiger partial charge in [0.15, 0.2) is 0 Å². The molecule has 2 aromatic rings. The van der Waals surface area contributed by atoms with Gasteiger partial charge in [-0.05, 0) is 29.8 Å². The van der Waals surface area contributed by atoms with E-state index in [9.17, 15) is 9.90 Å². The Kier molecular flexibility index (Phi) is 4.40. The first-order chi connectivity index (χ1) is 10.1. The fraction of sp³-hybridized carbons (Fsp3) is 0.0667. The smallest absolute Gasteiger partial charge is 0.335 e. The summed E-state index contributed by atoms with van der Waals surface area (Å²) in [5, 5.41) is 29.9. The number of hydrogen-bond acceptors (Lipinski definition) is 5. The quantitative estimate of drug-likeness (QED) is 0.445. The van der Waals surface area contributed by atoms with Gasteiger partial charge in [0, 0.05) is 0 Å².